The van der Waals surface area contributed by atoms with Gasteiger partial charge in [0.15, 0.2) is 0 Å². The van der Waals surface area contributed by atoms with Gasteiger partial charge >= 0.3 is 0 Å². The maximum atomic E-state index is 6.29. The van der Waals surface area contributed by atoms with Crippen LogP contribution >= 0.6 is 11.6 Å². The van der Waals surface area contributed by atoms with Crippen molar-refractivity contribution >= 4 is 28.3 Å². The molecule has 0 radical (unpaired) electrons. The Balaban J connectivity index is 0.000000595. The summed E-state index contributed by atoms with van der Waals surface area (Å²) >= 11 is 6.29. The Labute approximate surface area is 142 Å². The van der Waals surface area contributed by atoms with Crippen LogP contribution in [0.5, 0.6) is 0 Å². The first-order valence-corrected chi connectivity index (χ1v) is 8.07. The summed E-state index contributed by atoms with van der Waals surface area (Å²) in [5.41, 5.74) is 4.79. The van der Waals surface area contributed by atoms with E-state index in [-0.39, 0.29) is 0 Å². The van der Waals surface area contributed by atoms with Crippen molar-refractivity contribution < 1.29 is 0 Å². The van der Waals surface area contributed by atoms with Gasteiger partial charge in [0.05, 0.1) is 22.9 Å². The summed E-state index contributed by atoms with van der Waals surface area (Å²) in [5, 5.41) is 4.03. The fraction of sp³-hybridized carbons (Fsp3) is 0.278. The number of halogens is 1. The molecule has 0 fully saturated rings. The van der Waals surface area contributed by atoms with Crippen molar-refractivity contribution in [1.29, 1.82) is 0 Å². The Morgan fingerprint density at radius 1 is 1.04 bits per heavy atom. The molecule has 0 spiro atoms. The van der Waals surface area contributed by atoms with Gasteiger partial charge in [0.2, 0.25) is 0 Å². The molecule has 1 aromatic carbocycles. The van der Waals surface area contributed by atoms with E-state index in [4.69, 9.17) is 11.6 Å². The first-order chi connectivity index (χ1) is 11.2. The lowest BCUT2D eigenvalue weighted by Gasteiger charge is -2.10. The third kappa shape index (κ3) is 4.63. The minimum atomic E-state index is 0.623. The molecule has 0 saturated heterocycles. The number of aromatic nitrogens is 3. The second-order valence-electron chi connectivity index (χ2n) is 5.24. The van der Waals surface area contributed by atoms with Crippen LogP contribution in [0.1, 0.15) is 31.4 Å². The van der Waals surface area contributed by atoms with Gasteiger partial charge in [-0.1, -0.05) is 31.9 Å². The van der Waals surface area contributed by atoms with E-state index in [2.05, 4.69) is 34.1 Å². The van der Waals surface area contributed by atoms with Crippen molar-refractivity contribution in [1.82, 2.24) is 15.0 Å². The highest BCUT2D eigenvalue weighted by Gasteiger charge is 2.05. The average Bonchev–Trinajstić information content (AvgIpc) is 2.55. The van der Waals surface area contributed by atoms with Crippen LogP contribution in [0.3, 0.4) is 0 Å². The van der Waals surface area contributed by atoms with Crippen LogP contribution in [0.15, 0.2) is 43.0 Å². The zero-order valence-electron chi connectivity index (χ0n) is 13.7. The van der Waals surface area contributed by atoms with Gasteiger partial charge in [-0.05, 0) is 36.2 Å². The standard InChI is InChI=1S/C15H13ClN4.C3H8/c1-10-2-3-17-9-15(10)20-8-11-6-13-14(7-12(11)16)19-5-4-18-13;1-3-2/h2-7,9,20H,8H2,1H3;3H2,1-2H3. The van der Waals surface area contributed by atoms with E-state index >= 15 is 0 Å². The number of pyridine rings is 1. The highest BCUT2D eigenvalue weighted by Crippen LogP contribution is 2.23. The Bertz CT molecular complexity index is 774. The second-order valence-corrected chi connectivity index (χ2v) is 5.65. The summed E-state index contributed by atoms with van der Waals surface area (Å²) in [6.07, 6.45) is 8.18. The highest BCUT2D eigenvalue weighted by atomic mass is 35.5. The van der Waals surface area contributed by atoms with E-state index in [1.54, 1.807) is 18.6 Å². The number of rotatable bonds is 3. The van der Waals surface area contributed by atoms with E-state index in [1.165, 1.54) is 6.42 Å². The molecule has 0 bridgehead atoms. The van der Waals surface area contributed by atoms with Gasteiger partial charge in [-0.25, -0.2) is 0 Å². The van der Waals surface area contributed by atoms with Gasteiger partial charge in [-0.15, -0.1) is 0 Å². The van der Waals surface area contributed by atoms with Crippen LogP contribution in [-0.2, 0) is 6.54 Å². The van der Waals surface area contributed by atoms with Crippen molar-refractivity contribution in [2.75, 3.05) is 5.32 Å². The number of hydrogen-bond acceptors (Lipinski definition) is 4. The smallest absolute Gasteiger partial charge is 0.0901 e. The van der Waals surface area contributed by atoms with Crippen molar-refractivity contribution in [2.24, 2.45) is 0 Å². The molecule has 23 heavy (non-hydrogen) atoms. The van der Waals surface area contributed by atoms with E-state index < -0.39 is 0 Å². The molecular formula is C18H21ClN4. The molecule has 3 aromatic rings. The van der Waals surface area contributed by atoms with Crippen molar-refractivity contribution in [3.63, 3.8) is 0 Å². The fourth-order valence-electron chi connectivity index (χ4n) is 2.00. The topological polar surface area (TPSA) is 50.7 Å². The maximum absolute atomic E-state index is 6.29. The number of nitrogens with one attached hydrogen (secondary N) is 1. The summed E-state index contributed by atoms with van der Waals surface area (Å²) < 4.78 is 0. The van der Waals surface area contributed by atoms with E-state index in [1.807, 2.05) is 31.3 Å². The molecule has 0 aliphatic carbocycles. The van der Waals surface area contributed by atoms with Gasteiger partial charge in [0.25, 0.3) is 0 Å². The summed E-state index contributed by atoms with van der Waals surface area (Å²) in [6, 6.07) is 5.77. The molecule has 0 aliphatic rings. The molecule has 3 rings (SSSR count). The second kappa shape index (κ2) is 8.44. The maximum Gasteiger partial charge on any atom is 0.0901 e. The van der Waals surface area contributed by atoms with Crippen LogP contribution in [0.4, 0.5) is 5.69 Å². The minimum absolute atomic E-state index is 0.623. The van der Waals surface area contributed by atoms with Crippen LogP contribution in [0.25, 0.3) is 11.0 Å². The van der Waals surface area contributed by atoms with Gasteiger partial charge in [0.1, 0.15) is 0 Å². The average molecular weight is 329 g/mol. The molecule has 5 heteroatoms. The number of fused-ring (bicyclic) bond motifs is 1. The van der Waals surface area contributed by atoms with Crippen molar-refractivity contribution in [3.8, 4) is 0 Å². The Morgan fingerprint density at radius 2 is 1.70 bits per heavy atom. The molecule has 0 aliphatic heterocycles. The predicted molar refractivity (Wildman–Crippen MR) is 96.8 cm³/mol. The van der Waals surface area contributed by atoms with Crippen molar-refractivity contribution in [2.45, 2.75) is 33.7 Å². The molecule has 0 atom stereocenters. The zero-order valence-corrected chi connectivity index (χ0v) is 14.4. The molecule has 0 amide bonds. The van der Waals surface area contributed by atoms with E-state index in [0.717, 1.165) is 27.8 Å². The molecule has 1 N–H and O–H groups in total. The number of hydrogen-bond donors (Lipinski definition) is 1. The summed E-state index contributed by atoms with van der Waals surface area (Å²) in [4.78, 5) is 12.6. The molecular weight excluding hydrogens is 308 g/mol. The Kier molecular flexibility index (Phi) is 6.29. The van der Waals surface area contributed by atoms with E-state index in [0.29, 0.717) is 11.6 Å². The van der Waals surface area contributed by atoms with Crippen LogP contribution in [0, 0.1) is 6.92 Å². The number of benzene rings is 1. The summed E-state index contributed by atoms with van der Waals surface area (Å²) in [7, 11) is 0. The Morgan fingerprint density at radius 3 is 2.35 bits per heavy atom. The highest BCUT2D eigenvalue weighted by molar-refractivity contribution is 6.32. The normalized spacial score (nSPS) is 10.1. The quantitative estimate of drug-likeness (QED) is 0.733. The number of nitrogens with zero attached hydrogens (tertiary/aromatic N) is 3. The van der Waals surface area contributed by atoms with Crippen LogP contribution < -0.4 is 5.32 Å². The fourth-order valence-corrected chi connectivity index (χ4v) is 2.23. The lowest BCUT2D eigenvalue weighted by atomic mass is 10.1. The van der Waals surface area contributed by atoms with E-state index in [9.17, 15) is 0 Å². The lowest BCUT2D eigenvalue weighted by Crippen LogP contribution is -2.02. The lowest BCUT2D eigenvalue weighted by molar-refractivity contribution is 1.09. The largest absolute Gasteiger partial charge is 0.379 e. The Hall–Kier alpha value is -2.20. The third-order valence-electron chi connectivity index (χ3n) is 3.15. The first kappa shape index (κ1) is 17.2. The predicted octanol–water partition coefficient (Wildman–Crippen LogP) is 5.02. The first-order valence-electron chi connectivity index (χ1n) is 7.69. The summed E-state index contributed by atoms with van der Waals surface area (Å²) in [5.74, 6) is 0. The number of aryl methyl sites for hydroxylation is 1. The third-order valence-corrected chi connectivity index (χ3v) is 3.50. The van der Waals surface area contributed by atoms with Gasteiger partial charge in [-0.3, -0.25) is 15.0 Å². The molecule has 2 aromatic heterocycles. The molecule has 0 saturated carbocycles. The summed E-state index contributed by atoms with van der Waals surface area (Å²) in [6.45, 7) is 6.91. The molecule has 0 unspecified atom stereocenters. The number of anilines is 1. The van der Waals surface area contributed by atoms with Crippen LogP contribution in [0.2, 0.25) is 5.02 Å². The SMILES string of the molecule is CCC.Cc1ccncc1NCc1cc2nccnc2cc1Cl. The van der Waals surface area contributed by atoms with Gasteiger partial charge < -0.3 is 5.32 Å². The van der Waals surface area contributed by atoms with Gasteiger partial charge in [-0.2, -0.15) is 0 Å². The minimum Gasteiger partial charge on any atom is -0.379 e. The van der Waals surface area contributed by atoms with Gasteiger partial charge in [0, 0.05) is 30.2 Å². The molecule has 120 valence electrons. The monoisotopic (exact) mass is 328 g/mol. The van der Waals surface area contributed by atoms with Crippen molar-refractivity contribution in [3.05, 3.63) is 59.1 Å². The van der Waals surface area contributed by atoms with Crippen LogP contribution in [-0.4, -0.2) is 15.0 Å². The molecule has 4 nitrogen and oxygen atoms in total. The zero-order chi connectivity index (χ0) is 16.7. The molecule has 2 heterocycles.